The largest absolute Gasteiger partial charge is 0.416 e. The zero-order chi connectivity index (χ0) is 26.1. The number of nitrogens with zero attached hydrogens (tertiary/aromatic N) is 4. The molecular weight excluding hydrogens is 511 g/mol. The molecule has 0 spiro atoms. The molecule has 0 aliphatic carbocycles. The highest BCUT2D eigenvalue weighted by Gasteiger charge is 2.34. The van der Waals surface area contributed by atoms with Gasteiger partial charge in [-0.25, -0.2) is 28.1 Å². The predicted molar refractivity (Wildman–Crippen MR) is 132 cm³/mol. The fourth-order valence-electron chi connectivity index (χ4n) is 3.75. The fourth-order valence-corrected chi connectivity index (χ4v) is 6.65. The Hall–Kier alpha value is -3.25. The highest BCUT2D eigenvalue weighted by atomic mass is 32.2. The number of rotatable bonds is 8. The van der Waals surface area contributed by atoms with Crippen molar-refractivity contribution >= 4 is 27.3 Å². The minimum atomic E-state index is -4.63. The molecule has 1 N–H and O–H groups in total. The van der Waals surface area contributed by atoms with Crippen LogP contribution in [0.4, 0.5) is 19.1 Å². The van der Waals surface area contributed by atoms with E-state index in [2.05, 4.69) is 19.7 Å². The van der Waals surface area contributed by atoms with E-state index >= 15 is 0 Å². The summed E-state index contributed by atoms with van der Waals surface area (Å²) in [5.41, 5.74) is -0.401. The lowest BCUT2D eigenvalue weighted by molar-refractivity contribution is -0.138. The van der Waals surface area contributed by atoms with E-state index in [1.54, 1.807) is 29.8 Å². The maximum atomic E-state index is 14.1. The third-order valence-electron chi connectivity index (χ3n) is 5.38. The van der Waals surface area contributed by atoms with Crippen molar-refractivity contribution in [3.05, 3.63) is 76.9 Å². The Morgan fingerprint density at radius 1 is 1.08 bits per heavy atom. The van der Waals surface area contributed by atoms with Gasteiger partial charge in [0.1, 0.15) is 10.0 Å². The lowest BCUT2D eigenvalue weighted by Gasteiger charge is -2.16. The number of imidazole rings is 1. The summed E-state index contributed by atoms with van der Waals surface area (Å²) in [4.78, 5) is 12.6. The van der Waals surface area contributed by atoms with E-state index < -0.39 is 21.8 Å². The summed E-state index contributed by atoms with van der Waals surface area (Å²) in [6.45, 7) is 5.67. The molecule has 4 rings (SSSR count). The smallest absolute Gasteiger partial charge is 0.331 e. The van der Waals surface area contributed by atoms with Crippen molar-refractivity contribution < 1.29 is 21.6 Å². The van der Waals surface area contributed by atoms with E-state index in [-0.39, 0.29) is 39.3 Å². The zero-order valence-corrected chi connectivity index (χ0v) is 21.4. The summed E-state index contributed by atoms with van der Waals surface area (Å²) >= 11 is 1.03. The quantitative estimate of drug-likeness (QED) is 0.309. The standard InChI is InChI=1S/C24H24F3N5O2S2/c1-15(2)11-19-13-20(22(35-19)36(33,34)31-23-29-7-4-8-30-23)17-5-6-18(21(12-17)24(25,26)27)14-32-10-9-28-16(32)3/h4-10,12-13,15H,11,14H2,1-3H3,(H,29,30,31). The number of halogens is 3. The van der Waals surface area contributed by atoms with Gasteiger partial charge in [-0.15, -0.1) is 11.3 Å². The van der Waals surface area contributed by atoms with Crippen molar-refractivity contribution in [1.82, 2.24) is 19.5 Å². The van der Waals surface area contributed by atoms with E-state index in [4.69, 9.17) is 0 Å². The molecule has 3 heterocycles. The van der Waals surface area contributed by atoms with Crippen LogP contribution in [0.25, 0.3) is 11.1 Å². The molecule has 0 aliphatic rings. The first-order valence-corrected chi connectivity index (χ1v) is 13.3. The monoisotopic (exact) mass is 535 g/mol. The minimum Gasteiger partial charge on any atom is -0.331 e. The van der Waals surface area contributed by atoms with Crippen molar-refractivity contribution in [2.75, 3.05) is 4.72 Å². The SMILES string of the molecule is Cc1nccn1Cc1ccc(-c2cc(CC(C)C)sc2S(=O)(=O)Nc2ncccn2)cc1C(F)(F)F. The van der Waals surface area contributed by atoms with Crippen LogP contribution in [0.5, 0.6) is 0 Å². The number of aromatic nitrogens is 4. The van der Waals surface area contributed by atoms with Gasteiger partial charge >= 0.3 is 6.18 Å². The third kappa shape index (κ3) is 5.76. The zero-order valence-electron chi connectivity index (χ0n) is 19.7. The van der Waals surface area contributed by atoms with Gasteiger partial charge < -0.3 is 4.57 Å². The lowest BCUT2D eigenvalue weighted by atomic mass is 9.99. The van der Waals surface area contributed by atoms with Crippen LogP contribution >= 0.6 is 11.3 Å². The summed E-state index contributed by atoms with van der Waals surface area (Å²) in [7, 11) is -4.16. The summed E-state index contributed by atoms with van der Waals surface area (Å²) in [5, 5.41) is 0. The van der Waals surface area contributed by atoms with Gasteiger partial charge in [0.05, 0.1) is 5.56 Å². The Labute approximate surface area is 211 Å². The highest BCUT2D eigenvalue weighted by Crippen LogP contribution is 2.40. The molecular formula is C24H24F3N5O2S2. The van der Waals surface area contributed by atoms with Crippen LogP contribution in [0.3, 0.4) is 0 Å². The number of alkyl halides is 3. The average molecular weight is 536 g/mol. The Kier molecular flexibility index (Phi) is 7.19. The molecule has 4 aromatic rings. The maximum absolute atomic E-state index is 14.1. The normalized spacial score (nSPS) is 12.3. The van der Waals surface area contributed by atoms with Gasteiger partial charge in [0.25, 0.3) is 10.0 Å². The van der Waals surface area contributed by atoms with Gasteiger partial charge in [0.2, 0.25) is 5.95 Å². The molecule has 0 amide bonds. The van der Waals surface area contributed by atoms with Crippen LogP contribution in [0, 0.1) is 12.8 Å². The van der Waals surface area contributed by atoms with Crippen LogP contribution in [-0.4, -0.2) is 27.9 Å². The minimum absolute atomic E-state index is 0.0126. The van der Waals surface area contributed by atoms with E-state index in [1.165, 1.54) is 30.7 Å². The molecule has 0 bridgehead atoms. The molecule has 12 heteroatoms. The fraction of sp³-hybridized carbons (Fsp3) is 0.292. The number of hydrogen-bond donors (Lipinski definition) is 1. The van der Waals surface area contributed by atoms with E-state index in [0.29, 0.717) is 12.2 Å². The van der Waals surface area contributed by atoms with Gasteiger partial charge in [-0.05, 0) is 48.6 Å². The number of thiophene rings is 1. The third-order valence-corrected chi connectivity index (χ3v) is 8.40. The van der Waals surface area contributed by atoms with Gasteiger partial charge in [0.15, 0.2) is 0 Å². The Morgan fingerprint density at radius 2 is 1.81 bits per heavy atom. The van der Waals surface area contributed by atoms with Crippen LogP contribution in [0.15, 0.2) is 59.3 Å². The summed E-state index contributed by atoms with van der Waals surface area (Å²) < 4.78 is 72.7. The topological polar surface area (TPSA) is 89.8 Å². The maximum Gasteiger partial charge on any atom is 0.416 e. The molecule has 36 heavy (non-hydrogen) atoms. The molecule has 0 unspecified atom stereocenters. The average Bonchev–Trinajstić information content (AvgIpc) is 3.40. The number of hydrogen-bond acceptors (Lipinski definition) is 6. The predicted octanol–water partition coefficient (Wildman–Crippen LogP) is 5.78. The van der Waals surface area contributed by atoms with E-state index in [9.17, 15) is 21.6 Å². The van der Waals surface area contributed by atoms with E-state index in [0.717, 1.165) is 22.3 Å². The van der Waals surface area contributed by atoms with Crippen LogP contribution in [0.1, 0.15) is 35.7 Å². The molecule has 0 radical (unpaired) electrons. The molecule has 1 aromatic carbocycles. The molecule has 0 fully saturated rings. The first kappa shape index (κ1) is 25.8. The van der Waals surface area contributed by atoms with Crippen LogP contribution in [-0.2, 0) is 29.2 Å². The van der Waals surface area contributed by atoms with Gasteiger partial charge in [-0.1, -0.05) is 26.0 Å². The van der Waals surface area contributed by atoms with Gasteiger partial charge in [0, 0.05) is 41.8 Å². The second-order valence-electron chi connectivity index (χ2n) is 8.66. The number of aryl methyl sites for hydroxylation is 1. The lowest BCUT2D eigenvalue weighted by Crippen LogP contribution is -2.15. The summed E-state index contributed by atoms with van der Waals surface area (Å²) in [6, 6.07) is 7.12. The van der Waals surface area contributed by atoms with Gasteiger partial charge in [-0.2, -0.15) is 13.2 Å². The number of benzene rings is 1. The molecule has 0 saturated heterocycles. The first-order chi connectivity index (χ1) is 16.9. The van der Waals surface area contributed by atoms with Crippen molar-refractivity contribution in [2.24, 2.45) is 5.92 Å². The molecule has 0 saturated carbocycles. The number of sulfonamides is 1. The molecule has 3 aromatic heterocycles. The van der Waals surface area contributed by atoms with Crippen molar-refractivity contribution in [3.63, 3.8) is 0 Å². The van der Waals surface area contributed by atoms with Crippen molar-refractivity contribution in [2.45, 2.75) is 44.1 Å². The Bertz CT molecular complexity index is 1460. The van der Waals surface area contributed by atoms with Gasteiger partial charge in [-0.3, -0.25) is 0 Å². The van der Waals surface area contributed by atoms with Crippen LogP contribution < -0.4 is 4.72 Å². The van der Waals surface area contributed by atoms with Crippen LogP contribution in [0.2, 0.25) is 0 Å². The molecule has 190 valence electrons. The summed E-state index contributed by atoms with van der Waals surface area (Å²) in [5.74, 6) is 0.694. The first-order valence-electron chi connectivity index (χ1n) is 11.0. The molecule has 7 nitrogen and oxygen atoms in total. The molecule has 0 atom stereocenters. The Morgan fingerprint density at radius 3 is 2.42 bits per heavy atom. The van der Waals surface area contributed by atoms with E-state index in [1.807, 2.05) is 13.8 Å². The number of anilines is 1. The molecule has 0 aliphatic heterocycles. The number of nitrogens with one attached hydrogen (secondary N) is 1. The second kappa shape index (κ2) is 10.0. The van der Waals surface area contributed by atoms with Crippen molar-refractivity contribution in [3.8, 4) is 11.1 Å². The summed E-state index contributed by atoms with van der Waals surface area (Å²) in [6.07, 6.45) is 1.87. The van der Waals surface area contributed by atoms with Crippen molar-refractivity contribution in [1.29, 1.82) is 0 Å². The Balaban J connectivity index is 1.82. The second-order valence-corrected chi connectivity index (χ2v) is 11.7. The highest BCUT2D eigenvalue weighted by molar-refractivity contribution is 7.94.